The maximum absolute atomic E-state index is 13.6. The van der Waals surface area contributed by atoms with Crippen LogP contribution in [0, 0.1) is 0 Å². The summed E-state index contributed by atoms with van der Waals surface area (Å²) in [5.41, 5.74) is 1.94. The van der Waals surface area contributed by atoms with Crippen molar-refractivity contribution < 1.29 is 0 Å². The van der Waals surface area contributed by atoms with E-state index in [1.165, 1.54) is 40.0 Å². The number of hydrogen-bond acceptors (Lipinski definition) is 8. The summed E-state index contributed by atoms with van der Waals surface area (Å²) in [7, 11) is 4.08. The fraction of sp³-hybridized carbons (Fsp3) is 0.455. The second kappa shape index (κ2) is 9.09. The maximum atomic E-state index is 13.6. The second-order valence-electron chi connectivity index (χ2n) is 8.33. The zero-order chi connectivity index (χ0) is 22.2. The molecule has 0 amide bonds. The molecule has 4 heterocycles. The normalized spacial score (nSPS) is 14.0. The van der Waals surface area contributed by atoms with E-state index in [1.807, 2.05) is 24.0 Å². The molecule has 0 spiro atoms. The quantitative estimate of drug-likeness (QED) is 0.293. The van der Waals surface area contributed by atoms with Gasteiger partial charge < -0.3 is 4.90 Å². The number of fused-ring (bicyclic) bond motifs is 4. The fourth-order valence-electron chi connectivity index (χ4n) is 4.17. The molecule has 4 aromatic heterocycles. The first-order valence-electron chi connectivity index (χ1n) is 10.8. The Bertz CT molecular complexity index is 1400. The van der Waals surface area contributed by atoms with E-state index in [1.54, 1.807) is 28.0 Å². The number of nitrogens with zero attached hydrogens (tertiary/aromatic N) is 5. The Balaban J connectivity index is 1.52. The average Bonchev–Trinajstić information content (AvgIpc) is 3.38. The summed E-state index contributed by atoms with van der Waals surface area (Å²) in [5.74, 6) is 0.500. The standard InChI is InChI=1S/C22H25N5O2S3/c1-25(2)8-5-9-27-20(29)18-15-6-3-4-7-16(15)32-19(18)24-22(27)31-13-14-12-17(28)26-10-11-30-21(26)23-14/h10-12H,3-9,13H2,1-2H3. The Kier molecular flexibility index (Phi) is 6.20. The smallest absolute Gasteiger partial charge is 0.263 e. The van der Waals surface area contributed by atoms with E-state index in [-0.39, 0.29) is 11.1 Å². The van der Waals surface area contributed by atoms with Crippen LogP contribution in [0.25, 0.3) is 15.2 Å². The first-order valence-corrected chi connectivity index (χ1v) is 13.5. The minimum Gasteiger partial charge on any atom is -0.309 e. The number of aryl methyl sites for hydroxylation is 2. The summed E-state index contributed by atoms with van der Waals surface area (Å²) < 4.78 is 3.39. The van der Waals surface area contributed by atoms with Crippen LogP contribution in [-0.2, 0) is 25.1 Å². The highest BCUT2D eigenvalue weighted by atomic mass is 32.2. The van der Waals surface area contributed by atoms with E-state index < -0.39 is 0 Å². The lowest BCUT2D eigenvalue weighted by Crippen LogP contribution is -2.26. The van der Waals surface area contributed by atoms with Crippen LogP contribution < -0.4 is 11.1 Å². The van der Waals surface area contributed by atoms with Crippen LogP contribution in [0.15, 0.2) is 32.4 Å². The highest BCUT2D eigenvalue weighted by molar-refractivity contribution is 7.98. The van der Waals surface area contributed by atoms with Crippen molar-refractivity contribution in [3.8, 4) is 0 Å². The molecule has 10 heteroatoms. The average molecular weight is 488 g/mol. The van der Waals surface area contributed by atoms with Gasteiger partial charge in [-0.2, -0.15) is 0 Å². The molecule has 7 nitrogen and oxygen atoms in total. The molecule has 32 heavy (non-hydrogen) atoms. The van der Waals surface area contributed by atoms with Gasteiger partial charge in [-0.15, -0.1) is 22.7 Å². The molecule has 0 saturated heterocycles. The third-order valence-electron chi connectivity index (χ3n) is 5.73. The Labute approximate surface area is 197 Å². The van der Waals surface area contributed by atoms with Crippen LogP contribution in [0.1, 0.15) is 35.4 Å². The van der Waals surface area contributed by atoms with Crippen molar-refractivity contribution in [3.63, 3.8) is 0 Å². The van der Waals surface area contributed by atoms with Crippen molar-refractivity contribution in [3.05, 3.63) is 54.5 Å². The van der Waals surface area contributed by atoms with Crippen LogP contribution in [0.3, 0.4) is 0 Å². The van der Waals surface area contributed by atoms with Crippen molar-refractivity contribution in [1.82, 2.24) is 23.8 Å². The minimum absolute atomic E-state index is 0.0791. The van der Waals surface area contributed by atoms with Gasteiger partial charge in [-0.3, -0.25) is 18.6 Å². The molecule has 0 unspecified atom stereocenters. The topological polar surface area (TPSA) is 72.5 Å². The Morgan fingerprint density at radius 3 is 2.88 bits per heavy atom. The fourth-order valence-corrected chi connectivity index (χ4v) is 7.13. The molecular weight excluding hydrogens is 462 g/mol. The Hall–Kier alpha value is -2.01. The molecule has 0 aliphatic heterocycles. The molecule has 0 bridgehead atoms. The summed E-state index contributed by atoms with van der Waals surface area (Å²) in [5, 5.41) is 3.40. The zero-order valence-corrected chi connectivity index (χ0v) is 20.6. The number of thioether (sulfide) groups is 1. The van der Waals surface area contributed by atoms with Crippen LogP contribution in [0.4, 0.5) is 0 Å². The monoisotopic (exact) mass is 487 g/mol. The lowest BCUT2D eigenvalue weighted by molar-refractivity contribution is 0.379. The lowest BCUT2D eigenvalue weighted by Gasteiger charge is -2.15. The van der Waals surface area contributed by atoms with Gasteiger partial charge in [-0.1, -0.05) is 11.8 Å². The van der Waals surface area contributed by atoms with Crippen molar-refractivity contribution in [2.45, 2.75) is 49.6 Å². The Morgan fingerprint density at radius 1 is 1.19 bits per heavy atom. The lowest BCUT2D eigenvalue weighted by atomic mass is 9.97. The number of aromatic nitrogens is 4. The van der Waals surface area contributed by atoms with E-state index in [9.17, 15) is 9.59 Å². The van der Waals surface area contributed by atoms with Crippen LogP contribution >= 0.6 is 34.4 Å². The third kappa shape index (κ3) is 4.16. The van der Waals surface area contributed by atoms with Crippen LogP contribution in [0.2, 0.25) is 0 Å². The summed E-state index contributed by atoms with van der Waals surface area (Å²) >= 11 is 4.61. The highest BCUT2D eigenvalue weighted by Crippen LogP contribution is 2.35. The van der Waals surface area contributed by atoms with Gasteiger partial charge in [0.05, 0.1) is 11.1 Å². The van der Waals surface area contributed by atoms with Crippen LogP contribution in [0.5, 0.6) is 0 Å². The van der Waals surface area contributed by atoms with Crippen molar-refractivity contribution in [1.29, 1.82) is 0 Å². The minimum atomic E-state index is -0.0791. The van der Waals surface area contributed by atoms with Crippen molar-refractivity contribution in [2.24, 2.45) is 0 Å². The largest absolute Gasteiger partial charge is 0.309 e. The molecule has 0 aromatic carbocycles. The number of rotatable bonds is 7. The SMILES string of the molecule is CN(C)CCCn1c(SCc2cc(=O)n3ccsc3n2)nc2sc3c(c2c1=O)CCCC3. The molecule has 4 aromatic rings. The number of hydrogen-bond donors (Lipinski definition) is 0. The van der Waals surface area contributed by atoms with Gasteiger partial charge in [0.1, 0.15) is 4.83 Å². The summed E-state index contributed by atoms with van der Waals surface area (Å²) in [6, 6.07) is 1.57. The van der Waals surface area contributed by atoms with Gasteiger partial charge in [0.2, 0.25) is 0 Å². The summed E-state index contributed by atoms with van der Waals surface area (Å²) in [6.07, 6.45) is 6.97. The van der Waals surface area contributed by atoms with E-state index in [0.717, 1.165) is 42.4 Å². The van der Waals surface area contributed by atoms with E-state index >= 15 is 0 Å². The van der Waals surface area contributed by atoms with Crippen molar-refractivity contribution in [2.75, 3.05) is 20.6 Å². The second-order valence-corrected chi connectivity index (χ2v) is 11.2. The first kappa shape index (κ1) is 21.8. The summed E-state index contributed by atoms with van der Waals surface area (Å²) in [6.45, 7) is 1.54. The molecule has 0 saturated carbocycles. The Morgan fingerprint density at radius 2 is 2.03 bits per heavy atom. The molecule has 168 valence electrons. The predicted molar refractivity (Wildman–Crippen MR) is 133 cm³/mol. The third-order valence-corrected chi connectivity index (χ3v) is 8.68. The van der Waals surface area contributed by atoms with E-state index in [4.69, 9.17) is 4.98 Å². The molecule has 1 aliphatic carbocycles. The first-order chi connectivity index (χ1) is 15.5. The van der Waals surface area contributed by atoms with E-state index in [2.05, 4.69) is 9.88 Å². The molecule has 0 atom stereocenters. The molecule has 1 aliphatic rings. The number of thiazole rings is 1. The molecule has 5 rings (SSSR count). The maximum Gasteiger partial charge on any atom is 0.263 e. The molecular formula is C22H25N5O2S3. The van der Waals surface area contributed by atoms with Gasteiger partial charge in [-0.25, -0.2) is 9.97 Å². The zero-order valence-electron chi connectivity index (χ0n) is 18.2. The number of thiophene rings is 1. The molecule has 0 fully saturated rings. The highest BCUT2D eigenvalue weighted by Gasteiger charge is 2.22. The summed E-state index contributed by atoms with van der Waals surface area (Å²) in [4.78, 5) is 40.5. The van der Waals surface area contributed by atoms with E-state index in [0.29, 0.717) is 28.1 Å². The van der Waals surface area contributed by atoms with Gasteiger partial charge >= 0.3 is 0 Å². The van der Waals surface area contributed by atoms with Gasteiger partial charge in [0, 0.05) is 34.8 Å². The van der Waals surface area contributed by atoms with Gasteiger partial charge in [0.25, 0.3) is 11.1 Å². The molecule has 0 N–H and O–H groups in total. The van der Waals surface area contributed by atoms with Gasteiger partial charge in [-0.05, 0) is 58.3 Å². The van der Waals surface area contributed by atoms with Crippen LogP contribution in [-0.4, -0.2) is 44.5 Å². The molecule has 0 radical (unpaired) electrons. The van der Waals surface area contributed by atoms with Gasteiger partial charge in [0.15, 0.2) is 10.1 Å². The predicted octanol–water partition coefficient (Wildman–Crippen LogP) is 3.65. The van der Waals surface area contributed by atoms with Crippen molar-refractivity contribution >= 4 is 49.6 Å².